The second-order valence-corrected chi connectivity index (χ2v) is 15.2. The monoisotopic (exact) mass is 709 g/mol. The van der Waals surface area contributed by atoms with Gasteiger partial charge >= 0.3 is 0 Å². The first-order valence-corrected chi connectivity index (χ1v) is 17.3. The molecule has 9 nitrogen and oxygen atoms in total. The molecule has 3 aliphatic heterocycles. The minimum absolute atomic E-state index is 0.0363. The summed E-state index contributed by atoms with van der Waals surface area (Å²) >= 11 is 17.6. The maximum atomic E-state index is 14.2. The Kier molecular flexibility index (Phi) is 7.99. The van der Waals surface area contributed by atoms with Crippen molar-refractivity contribution in [1.29, 1.82) is 0 Å². The Bertz CT molecular complexity index is 1700. The van der Waals surface area contributed by atoms with Crippen LogP contribution in [0.3, 0.4) is 0 Å². The van der Waals surface area contributed by atoms with E-state index in [1.54, 1.807) is 41.8 Å². The molecule has 1 saturated heterocycles. The zero-order valence-corrected chi connectivity index (χ0v) is 27.2. The largest absolute Gasteiger partial charge is 0.336 e. The van der Waals surface area contributed by atoms with Crippen LogP contribution < -0.4 is 4.90 Å². The fourth-order valence-corrected chi connectivity index (χ4v) is 8.89. The first kappa shape index (κ1) is 29.7. The fraction of sp³-hybridized carbons (Fsp3) is 0.321. The van der Waals surface area contributed by atoms with Gasteiger partial charge in [0.1, 0.15) is 5.54 Å². The molecule has 220 valence electrons. The van der Waals surface area contributed by atoms with E-state index in [-0.39, 0.29) is 55.4 Å². The minimum atomic E-state index is -4.09. The second-order valence-electron chi connectivity index (χ2n) is 10.5. The maximum Gasteiger partial charge on any atom is 0.260 e. The SMILES string of the molecule is C[C@@]1(Cc2ccc(Br)cc2)C(=O)N(c2cc(Cl)cc(Cl)c2)c2ncc(S(=O)(=O)N3CCN(C(=O)C4=CSCC4)CC3)n21. The fourth-order valence-electron chi connectivity index (χ4n) is 5.63. The molecule has 3 aliphatic rings. The number of benzene rings is 2. The lowest BCUT2D eigenvalue weighted by molar-refractivity contribution is -0.128. The summed E-state index contributed by atoms with van der Waals surface area (Å²) in [5, 5.41) is 2.47. The standard InChI is InChI=1S/C28H26BrCl2N5O4S2/c1-28(15-18-2-4-20(29)5-3-18)26(38)35(23-13-21(30)12-22(31)14-23)27-32-16-24(36(27)28)42(39,40)34-9-7-33(8-10-34)25(37)19-6-11-41-17-19/h2-5,12-14,16-17H,6-11,15H2,1H3/t28-/m1/s1. The van der Waals surface area contributed by atoms with Crippen molar-refractivity contribution >= 4 is 84.4 Å². The number of halogens is 3. The number of carbonyl (C=O) groups excluding carboxylic acids is 2. The summed E-state index contributed by atoms with van der Waals surface area (Å²) in [6.45, 7) is 2.56. The Balaban J connectivity index is 1.37. The number of hydrogen-bond acceptors (Lipinski definition) is 6. The number of imidazole rings is 1. The van der Waals surface area contributed by atoms with Gasteiger partial charge in [-0.05, 0) is 54.6 Å². The molecule has 1 fully saturated rings. The molecule has 0 spiro atoms. The van der Waals surface area contributed by atoms with Crippen molar-refractivity contribution in [3.8, 4) is 0 Å². The van der Waals surface area contributed by atoms with Crippen molar-refractivity contribution in [1.82, 2.24) is 18.8 Å². The van der Waals surface area contributed by atoms with Crippen LogP contribution in [-0.2, 0) is 31.6 Å². The molecule has 0 saturated carbocycles. The van der Waals surface area contributed by atoms with E-state index in [1.807, 2.05) is 29.7 Å². The average molecular weight is 711 g/mol. The van der Waals surface area contributed by atoms with E-state index in [1.165, 1.54) is 20.0 Å². The molecule has 0 radical (unpaired) electrons. The third kappa shape index (κ3) is 5.20. The Morgan fingerprint density at radius 3 is 2.36 bits per heavy atom. The number of nitrogens with zero attached hydrogens (tertiary/aromatic N) is 5. The average Bonchev–Trinajstić information content (AvgIpc) is 3.69. The number of hydrogen-bond donors (Lipinski definition) is 0. The Labute approximate surface area is 266 Å². The van der Waals surface area contributed by atoms with E-state index < -0.39 is 15.6 Å². The topological polar surface area (TPSA) is 95.8 Å². The molecule has 42 heavy (non-hydrogen) atoms. The summed E-state index contributed by atoms with van der Waals surface area (Å²) in [4.78, 5) is 34.7. The molecule has 6 rings (SSSR count). The van der Waals surface area contributed by atoms with Crippen molar-refractivity contribution in [3.63, 3.8) is 0 Å². The second kappa shape index (κ2) is 11.3. The van der Waals surface area contributed by atoms with Gasteiger partial charge in [-0.25, -0.2) is 18.3 Å². The number of piperazine rings is 1. The highest BCUT2D eigenvalue weighted by Crippen LogP contribution is 2.45. The highest BCUT2D eigenvalue weighted by Gasteiger charge is 2.52. The van der Waals surface area contributed by atoms with Gasteiger partial charge in [0.2, 0.25) is 11.9 Å². The first-order chi connectivity index (χ1) is 20.0. The molecule has 4 heterocycles. The highest BCUT2D eigenvalue weighted by atomic mass is 79.9. The van der Waals surface area contributed by atoms with Gasteiger partial charge in [0, 0.05) is 58.4 Å². The number of amides is 2. The highest BCUT2D eigenvalue weighted by molar-refractivity contribution is 9.10. The Morgan fingerprint density at radius 2 is 1.74 bits per heavy atom. The molecule has 2 amide bonds. The van der Waals surface area contributed by atoms with Gasteiger partial charge < -0.3 is 4.90 Å². The first-order valence-electron chi connectivity index (χ1n) is 13.2. The van der Waals surface area contributed by atoms with Gasteiger partial charge in [-0.2, -0.15) is 4.31 Å². The summed E-state index contributed by atoms with van der Waals surface area (Å²) in [6, 6.07) is 12.3. The molecule has 0 bridgehead atoms. The summed E-state index contributed by atoms with van der Waals surface area (Å²) in [5.41, 5.74) is 0.670. The zero-order chi connectivity index (χ0) is 29.8. The lowest BCUT2D eigenvalue weighted by atomic mass is 9.92. The quantitative estimate of drug-likeness (QED) is 0.338. The Hall–Kier alpha value is -2.35. The van der Waals surface area contributed by atoms with E-state index >= 15 is 0 Å². The molecule has 0 unspecified atom stereocenters. The maximum absolute atomic E-state index is 14.2. The summed E-state index contributed by atoms with van der Waals surface area (Å²) < 4.78 is 32.1. The van der Waals surface area contributed by atoms with Crippen LogP contribution in [0.1, 0.15) is 18.9 Å². The molecule has 2 aromatic carbocycles. The van der Waals surface area contributed by atoms with Crippen LogP contribution in [0.25, 0.3) is 0 Å². The molecule has 14 heteroatoms. The number of thioether (sulfide) groups is 1. The molecule has 3 aromatic rings. The summed E-state index contributed by atoms with van der Waals surface area (Å²) in [5.74, 6) is 0.654. The van der Waals surface area contributed by atoms with E-state index in [0.717, 1.165) is 27.8 Å². The van der Waals surface area contributed by atoms with Crippen molar-refractivity contribution in [2.24, 2.45) is 0 Å². The molecule has 1 atom stereocenters. The molecule has 1 aromatic heterocycles. The summed E-state index contributed by atoms with van der Waals surface area (Å²) in [7, 11) is -4.09. The zero-order valence-electron chi connectivity index (χ0n) is 22.5. The smallest absolute Gasteiger partial charge is 0.260 e. The van der Waals surface area contributed by atoms with E-state index in [2.05, 4.69) is 20.9 Å². The van der Waals surface area contributed by atoms with Crippen LogP contribution >= 0.6 is 50.9 Å². The van der Waals surface area contributed by atoms with Crippen LogP contribution in [0.4, 0.5) is 11.6 Å². The van der Waals surface area contributed by atoms with Crippen LogP contribution in [0.2, 0.25) is 10.0 Å². The van der Waals surface area contributed by atoms with Crippen molar-refractivity contribution in [3.05, 3.63) is 79.7 Å². The Morgan fingerprint density at radius 1 is 1.07 bits per heavy atom. The lowest BCUT2D eigenvalue weighted by Gasteiger charge is -2.35. The predicted molar refractivity (Wildman–Crippen MR) is 168 cm³/mol. The van der Waals surface area contributed by atoms with Crippen LogP contribution in [-0.4, -0.2) is 70.9 Å². The normalized spacial score (nSPS) is 21.1. The van der Waals surface area contributed by atoms with Gasteiger partial charge in [-0.3, -0.25) is 14.2 Å². The molecule has 0 aliphatic carbocycles. The number of anilines is 2. The van der Waals surface area contributed by atoms with Gasteiger partial charge in [-0.15, -0.1) is 11.8 Å². The van der Waals surface area contributed by atoms with E-state index in [4.69, 9.17) is 23.2 Å². The minimum Gasteiger partial charge on any atom is -0.336 e. The van der Waals surface area contributed by atoms with Gasteiger partial charge in [0.25, 0.3) is 15.9 Å². The van der Waals surface area contributed by atoms with E-state index in [9.17, 15) is 18.0 Å². The van der Waals surface area contributed by atoms with Gasteiger partial charge in [-0.1, -0.05) is 51.3 Å². The lowest BCUT2D eigenvalue weighted by Crippen LogP contribution is -2.51. The number of rotatable bonds is 6. The van der Waals surface area contributed by atoms with E-state index in [0.29, 0.717) is 15.7 Å². The van der Waals surface area contributed by atoms with Crippen LogP contribution in [0.15, 0.2) is 69.1 Å². The van der Waals surface area contributed by atoms with Gasteiger partial charge in [0.05, 0.1) is 11.9 Å². The number of fused-ring (bicyclic) bond motifs is 1. The number of sulfonamides is 1. The molecular weight excluding hydrogens is 685 g/mol. The predicted octanol–water partition coefficient (Wildman–Crippen LogP) is 5.44. The summed E-state index contributed by atoms with van der Waals surface area (Å²) in [6.07, 6.45) is 2.24. The molecular formula is C28H26BrCl2N5O4S2. The van der Waals surface area contributed by atoms with Crippen molar-refractivity contribution in [2.45, 2.75) is 30.3 Å². The molecule has 0 N–H and O–H groups in total. The van der Waals surface area contributed by atoms with Crippen molar-refractivity contribution in [2.75, 3.05) is 36.8 Å². The third-order valence-electron chi connectivity index (χ3n) is 7.75. The van der Waals surface area contributed by atoms with Crippen molar-refractivity contribution < 1.29 is 18.0 Å². The van der Waals surface area contributed by atoms with Crippen LogP contribution in [0, 0.1) is 0 Å². The van der Waals surface area contributed by atoms with Gasteiger partial charge in [0.15, 0.2) is 5.03 Å². The third-order valence-corrected chi connectivity index (χ3v) is 11.5. The number of aromatic nitrogens is 2. The number of carbonyl (C=O) groups is 2. The van der Waals surface area contributed by atoms with Crippen LogP contribution in [0.5, 0.6) is 0 Å².